The van der Waals surface area contributed by atoms with Gasteiger partial charge in [0.05, 0.1) is 6.42 Å². The van der Waals surface area contributed by atoms with Crippen LogP contribution < -0.4 is 16.6 Å². The van der Waals surface area contributed by atoms with E-state index < -0.39 is 17.3 Å². The maximum Gasteiger partial charge on any atom is 0.328 e. The number of rotatable bonds is 5. The lowest BCUT2D eigenvalue weighted by Crippen LogP contribution is -2.37. The van der Waals surface area contributed by atoms with Gasteiger partial charge in [-0.25, -0.2) is 4.79 Å². The van der Waals surface area contributed by atoms with Gasteiger partial charge in [-0.15, -0.1) is 0 Å². The van der Waals surface area contributed by atoms with Gasteiger partial charge in [0.2, 0.25) is 11.8 Å². The van der Waals surface area contributed by atoms with Gasteiger partial charge in [0, 0.05) is 24.7 Å². The first kappa shape index (κ1) is 16.7. The average Bonchev–Trinajstić information content (AvgIpc) is 2.98. The quantitative estimate of drug-likeness (QED) is 0.799. The van der Waals surface area contributed by atoms with Crippen LogP contribution in [0.25, 0.3) is 0 Å². The maximum absolute atomic E-state index is 12.0. The minimum atomic E-state index is -0.528. The van der Waals surface area contributed by atoms with E-state index in [0.29, 0.717) is 11.7 Å². The zero-order valence-electron chi connectivity index (χ0n) is 13.4. The second-order valence-electron chi connectivity index (χ2n) is 5.59. The molecule has 0 aliphatic carbocycles. The van der Waals surface area contributed by atoms with Gasteiger partial charge >= 0.3 is 5.69 Å². The molecule has 1 unspecified atom stereocenters. The Balaban J connectivity index is 2.06. The van der Waals surface area contributed by atoms with Gasteiger partial charge in [0.15, 0.2) is 5.82 Å². The first-order chi connectivity index (χ1) is 10.8. The molecule has 1 atom stereocenters. The van der Waals surface area contributed by atoms with Crippen LogP contribution in [0.1, 0.15) is 50.0 Å². The lowest BCUT2D eigenvalue weighted by molar-refractivity contribution is -0.121. The normalized spacial score (nSPS) is 12.4. The Morgan fingerprint density at radius 2 is 2.09 bits per heavy atom. The summed E-state index contributed by atoms with van der Waals surface area (Å²) in [6.07, 6.45) is 1.09. The number of H-pyrrole nitrogens is 1. The minimum Gasteiger partial charge on any atom is -0.344 e. The number of amides is 1. The number of carbonyl (C=O) groups is 1. The molecule has 9 nitrogen and oxygen atoms in total. The molecule has 0 radical (unpaired) electrons. The molecule has 2 rings (SSSR count). The summed E-state index contributed by atoms with van der Waals surface area (Å²) in [5.41, 5.74) is -0.832. The van der Waals surface area contributed by atoms with Gasteiger partial charge in [-0.1, -0.05) is 19.0 Å². The van der Waals surface area contributed by atoms with Gasteiger partial charge < -0.3 is 14.8 Å². The molecule has 23 heavy (non-hydrogen) atoms. The predicted octanol–water partition coefficient (Wildman–Crippen LogP) is -0.0001000. The summed E-state index contributed by atoms with van der Waals surface area (Å²) in [5, 5.41) is 6.52. The number of nitrogens with zero attached hydrogens (tertiary/aromatic N) is 3. The molecule has 0 saturated carbocycles. The lowest BCUT2D eigenvalue weighted by Gasteiger charge is -2.09. The van der Waals surface area contributed by atoms with Crippen molar-refractivity contribution in [3.05, 3.63) is 44.3 Å². The van der Waals surface area contributed by atoms with E-state index >= 15 is 0 Å². The van der Waals surface area contributed by atoms with Crippen LogP contribution >= 0.6 is 0 Å². The number of carbonyl (C=O) groups excluding carboxylic acids is 1. The molecule has 2 aromatic heterocycles. The van der Waals surface area contributed by atoms with Gasteiger partial charge in [0.1, 0.15) is 6.04 Å². The van der Waals surface area contributed by atoms with Crippen molar-refractivity contribution in [3.8, 4) is 0 Å². The van der Waals surface area contributed by atoms with E-state index in [2.05, 4.69) is 20.4 Å². The van der Waals surface area contributed by atoms with Crippen LogP contribution in [0.5, 0.6) is 0 Å². The summed E-state index contributed by atoms with van der Waals surface area (Å²) in [7, 11) is 1.34. The van der Waals surface area contributed by atoms with Crippen molar-refractivity contribution in [2.45, 2.75) is 39.2 Å². The number of hydrogen-bond donors (Lipinski definition) is 2. The first-order valence-corrected chi connectivity index (χ1v) is 7.20. The molecule has 2 N–H and O–H groups in total. The summed E-state index contributed by atoms with van der Waals surface area (Å²) in [4.78, 5) is 41.8. The Morgan fingerprint density at radius 1 is 1.39 bits per heavy atom. The highest BCUT2D eigenvalue weighted by molar-refractivity contribution is 5.78. The van der Waals surface area contributed by atoms with Gasteiger partial charge in [-0.2, -0.15) is 4.98 Å². The number of aromatic nitrogens is 4. The van der Waals surface area contributed by atoms with Crippen molar-refractivity contribution in [1.29, 1.82) is 0 Å². The van der Waals surface area contributed by atoms with E-state index in [1.807, 2.05) is 13.8 Å². The third kappa shape index (κ3) is 3.74. The van der Waals surface area contributed by atoms with E-state index in [-0.39, 0.29) is 23.8 Å². The fraction of sp³-hybridized carbons (Fsp3) is 0.500. The van der Waals surface area contributed by atoms with Crippen LogP contribution in [0.15, 0.2) is 20.3 Å². The highest BCUT2D eigenvalue weighted by atomic mass is 16.5. The Kier molecular flexibility index (Phi) is 4.77. The van der Waals surface area contributed by atoms with E-state index in [9.17, 15) is 14.4 Å². The van der Waals surface area contributed by atoms with Crippen molar-refractivity contribution >= 4 is 5.91 Å². The molecular formula is C14H19N5O4. The number of aromatic amines is 1. The van der Waals surface area contributed by atoms with Gasteiger partial charge in [-0.05, 0) is 6.92 Å². The topological polar surface area (TPSA) is 123 Å². The van der Waals surface area contributed by atoms with E-state index in [1.54, 1.807) is 6.92 Å². The average molecular weight is 321 g/mol. The van der Waals surface area contributed by atoms with Gasteiger partial charge in [-0.3, -0.25) is 14.2 Å². The molecule has 0 saturated heterocycles. The lowest BCUT2D eigenvalue weighted by atomic mass is 10.2. The van der Waals surface area contributed by atoms with Crippen LogP contribution in [0.3, 0.4) is 0 Å². The molecule has 0 aliphatic rings. The summed E-state index contributed by atoms with van der Waals surface area (Å²) in [6.45, 7) is 5.58. The van der Waals surface area contributed by atoms with E-state index in [0.717, 1.165) is 4.57 Å². The largest absolute Gasteiger partial charge is 0.344 e. The van der Waals surface area contributed by atoms with Crippen molar-refractivity contribution in [2.24, 2.45) is 7.05 Å². The van der Waals surface area contributed by atoms with E-state index in [1.165, 1.54) is 13.2 Å². The zero-order valence-corrected chi connectivity index (χ0v) is 13.4. The minimum absolute atomic E-state index is 0.125. The fourth-order valence-corrected chi connectivity index (χ4v) is 1.93. The van der Waals surface area contributed by atoms with Crippen LogP contribution in [0.2, 0.25) is 0 Å². The fourth-order valence-electron chi connectivity index (χ4n) is 1.93. The second kappa shape index (κ2) is 6.59. The molecule has 124 valence electrons. The third-order valence-electron chi connectivity index (χ3n) is 3.33. The molecule has 0 aromatic carbocycles. The molecule has 1 amide bonds. The van der Waals surface area contributed by atoms with Crippen LogP contribution in [-0.4, -0.2) is 25.6 Å². The van der Waals surface area contributed by atoms with Crippen LogP contribution in [-0.2, 0) is 18.3 Å². The number of hydrogen-bond acceptors (Lipinski definition) is 6. The van der Waals surface area contributed by atoms with Gasteiger partial charge in [0.25, 0.3) is 5.56 Å². The molecule has 0 fully saturated rings. The summed E-state index contributed by atoms with van der Waals surface area (Å²) < 4.78 is 6.02. The molecular weight excluding hydrogens is 302 g/mol. The van der Waals surface area contributed by atoms with Crippen molar-refractivity contribution in [1.82, 2.24) is 25.0 Å². The molecule has 0 spiro atoms. The van der Waals surface area contributed by atoms with E-state index in [4.69, 9.17) is 4.52 Å². The molecule has 2 aromatic rings. The monoisotopic (exact) mass is 321 g/mol. The highest BCUT2D eigenvalue weighted by Crippen LogP contribution is 2.14. The first-order valence-electron chi connectivity index (χ1n) is 7.20. The van der Waals surface area contributed by atoms with Crippen molar-refractivity contribution < 1.29 is 9.32 Å². The zero-order chi connectivity index (χ0) is 17.1. The summed E-state index contributed by atoms with van der Waals surface area (Å²) in [6, 6.07) is -0.478. The summed E-state index contributed by atoms with van der Waals surface area (Å²) in [5.74, 6) is 0.609. The SMILES string of the molecule is CC(C)c1noc(C(C)NC(=O)Cc2c[nH]c(=O)n(C)c2=O)n1. The Labute approximate surface area is 131 Å². The predicted molar refractivity (Wildman–Crippen MR) is 81.0 cm³/mol. The van der Waals surface area contributed by atoms with Crippen LogP contribution in [0, 0.1) is 0 Å². The molecule has 0 aliphatic heterocycles. The van der Waals surface area contributed by atoms with Crippen molar-refractivity contribution in [3.63, 3.8) is 0 Å². The highest BCUT2D eigenvalue weighted by Gasteiger charge is 2.18. The summed E-state index contributed by atoms with van der Waals surface area (Å²) >= 11 is 0. The number of nitrogens with one attached hydrogen (secondary N) is 2. The molecule has 0 bridgehead atoms. The second-order valence-corrected chi connectivity index (χ2v) is 5.59. The van der Waals surface area contributed by atoms with Crippen molar-refractivity contribution in [2.75, 3.05) is 0 Å². The Bertz CT molecular complexity index is 817. The standard InChI is InChI=1S/C14H19N5O4/c1-7(2)11-17-12(23-18-11)8(3)16-10(20)5-9-6-15-14(22)19(4)13(9)21/h6-8H,5H2,1-4H3,(H,15,22)(H,16,20). The third-order valence-corrected chi connectivity index (χ3v) is 3.33. The van der Waals surface area contributed by atoms with Crippen LogP contribution in [0.4, 0.5) is 0 Å². The Hall–Kier alpha value is -2.71. The Morgan fingerprint density at radius 3 is 2.70 bits per heavy atom. The molecule has 9 heteroatoms. The smallest absolute Gasteiger partial charge is 0.328 e. The molecule has 2 heterocycles. The maximum atomic E-state index is 12.0.